The summed E-state index contributed by atoms with van der Waals surface area (Å²) in [7, 11) is 0. The standard InChI is InChI=1S/C13H18N2O4S2/c1-4-5-20-6-7(16)14-8-10(17)15-9(12(18)19)13(2,3)21-11(8)15/h4,8-9,11H,1,5-6H2,2-3H3,(H,14,16)(H,18,19)/t8-,9+,11?/m1/s1. The van der Waals surface area contributed by atoms with Gasteiger partial charge in [0, 0.05) is 10.5 Å². The van der Waals surface area contributed by atoms with Crippen LogP contribution in [-0.4, -0.2) is 61.5 Å². The van der Waals surface area contributed by atoms with Crippen molar-refractivity contribution >= 4 is 41.3 Å². The third kappa shape index (κ3) is 2.91. The third-order valence-electron chi connectivity index (χ3n) is 3.46. The predicted octanol–water partition coefficient (Wildman–Crippen LogP) is 0.537. The van der Waals surface area contributed by atoms with E-state index in [1.165, 1.54) is 28.4 Å². The Balaban J connectivity index is 1.98. The van der Waals surface area contributed by atoms with Gasteiger partial charge in [0.1, 0.15) is 17.5 Å². The summed E-state index contributed by atoms with van der Waals surface area (Å²) in [6.45, 7) is 7.18. The van der Waals surface area contributed by atoms with Gasteiger partial charge in [-0.2, -0.15) is 0 Å². The molecule has 2 aliphatic rings. The Morgan fingerprint density at radius 1 is 1.57 bits per heavy atom. The zero-order chi connectivity index (χ0) is 15.8. The van der Waals surface area contributed by atoms with Crippen molar-refractivity contribution in [3.05, 3.63) is 12.7 Å². The van der Waals surface area contributed by atoms with Gasteiger partial charge in [-0.25, -0.2) is 4.79 Å². The number of hydrogen-bond acceptors (Lipinski definition) is 5. The first-order valence-electron chi connectivity index (χ1n) is 6.50. The van der Waals surface area contributed by atoms with Crippen LogP contribution in [0.4, 0.5) is 0 Å². The molecule has 6 nitrogen and oxygen atoms in total. The molecule has 2 N–H and O–H groups in total. The second-order valence-electron chi connectivity index (χ2n) is 5.45. The Labute approximate surface area is 131 Å². The van der Waals surface area contributed by atoms with Gasteiger partial charge in [0.15, 0.2) is 0 Å². The van der Waals surface area contributed by atoms with Crippen LogP contribution in [0, 0.1) is 0 Å². The van der Waals surface area contributed by atoms with Gasteiger partial charge >= 0.3 is 5.97 Å². The smallest absolute Gasteiger partial charge is 0.327 e. The Morgan fingerprint density at radius 3 is 2.81 bits per heavy atom. The van der Waals surface area contributed by atoms with Crippen LogP contribution >= 0.6 is 23.5 Å². The van der Waals surface area contributed by atoms with Gasteiger partial charge in [-0.1, -0.05) is 6.08 Å². The molecule has 2 rings (SSSR count). The molecule has 8 heteroatoms. The molecule has 3 atom stereocenters. The average Bonchev–Trinajstić information content (AvgIpc) is 2.65. The molecular weight excluding hydrogens is 312 g/mol. The van der Waals surface area contributed by atoms with E-state index in [0.717, 1.165) is 0 Å². The monoisotopic (exact) mass is 330 g/mol. The highest BCUT2D eigenvalue weighted by molar-refractivity contribution is 8.01. The van der Waals surface area contributed by atoms with Gasteiger partial charge in [-0.05, 0) is 13.8 Å². The summed E-state index contributed by atoms with van der Waals surface area (Å²) >= 11 is 2.84. The normalized spacial score (nSPS) is 29.5. The molecule has 0 aromatic carbocycles. The van der Waals surface area contributed by atoms with Crippen molar-refractivity contribution in [1.82, 2.24) is 10.2 Å². The van der Waals surface area contributed by atoms with E-state index in [4.69, 9.17) is 0 Å². The SMILES string of the molecule is C=CCSCC(=O)N[C@@H]1C(=O)N2C1SC(C)(C)[C@@H]2C(=O)O. The molecular formula is C13H18N2O4S2. The lowest BCUT2D eigenvalue weighted by Crippen LogP contribution is -2.70. The number of aliphatic carboxylic acids is 1. The molecule has 2 aliphatic heterocycles. The fourth-order valence-corrected chi connectivity index (χ4v) is 4.77. The number of rotatable bonds is 6. The fourth-order valence-electron chi connectivity index (χ4n) is 2.60. The van der Waals surface area contributed by atoms with E-state index in [-0.39, 0.29) is 22.9 Å². The molecule has 0 aromatic heterocycles. The number of amides is 2. The summed E-state index contributed by atoms with van der Waals surface area (Å²) < 4.78 is -0.566. The predicted molar refractivity (Wildman–Crippen MR) is 83.2 cm³/mol. The molecule has 0 aliphatic carbocycles. The van der Waals surface area contributed by atoms with Gasteiger partial charge in [0.05, 0.1) is 5.75 Å². The number of carboxylic acids is 1. The summed E-state index contributed by atoms with van der Waals surface area (Å²) in [6.07, 6.45) is 1.71. The molecule has 2 heterocycles. The first kappa shape index (κ1) is 16.2. The molecule has 0 radical (unpaired) electrons. The molecule has 1 unspecified atom stereocenters. The third-order valence-corrected chi connectivity index (χ3v) is 5.97. The highest BCUT2D eigenvalue weighted by atomic mass is 32.2. The topological polar surface area (TPSA) is 86.7 Å². The molecule has 0 bridgehead atoms. The summed E-state index contributed by atoms with van der Waals surface area (Å²) in [5.41, 5.74) is 0. The lowest BCUT2D eigenvalue weighted by atomic mass is 9.96. The van der Waals surface area contributed by atoms with Crippen molar-refractivity contribution in [2.45, 2.75) is 36.1 Å². The average molecular weight is 330 g/mol. The maximum atomic E-state index is 12.1. The molecule has 21 heavy (non-hydrogen) atoms. The van der Waals surface area contributed by atoms with E-state index >= 15 is 0 Å². The van der Waals surface area contributed by atoms with Crippen LogP contribution in [-0.2, 0) is 14.4 Å². The maximum absolute atomic E-state index is 12.1. The molecule has 0 saturated carbocycles. The van der Waals surface area contributed by atoms with Crippen LogP contribution < -0.4 is 5.32 Å². The molecule has 2 amide bonds. The van der Waals surface area contributed by atoms with Crippen LogP contribution in [0.15, 0.2) is 12.7 Å². The minimum absolute atomic E-state index is 0.211. The Bertz CT molecular complexity index is 495. The van der Waals surface area contributed by atoms with Gasteiger partial charge in [-0.15, -0.1) is 30.1 Å². The second kappa shape index (κ2) is 5.92. The number of fused-ring (bicyclic) bond motifs is 1. The van der Waals surface area contributed by atoms with Crippen molar-refractivity contribution < 1.29 is 19.5 Å². The Morgan fingerprint density at radius 2 is 2.24 bits per heavy atom. The highest BCUT2D eigenvalue weighted by Gasteiger charge is 2.64. The number of thioether (sulfide) groups is 2. The molecule has 0 aromatic rings. The number of carbonyl (C=O) groups is 3. The second-order valence-corrected chi connectivity index (χ2v) is 8.25. The first-order valence-corrected chi connectivity index (χ1v) is 8.54. The highest BCUT2D eigenvalue weighted by Crippen LogP contribution is 2.50. The van der Waals surface area contributed by atoms with E-state index in [0.29, 0.717) is 5.75 Å². The lowest BCUT2D eigenvalue weighted by molar-refractivity contribution is -0.160. The van der Waals surface area contributed by atoms with Gasteiger partial charge in [0.25, 0.3) is 0 Å². The minimum atomic E-state index is -1.00. The van der Waals surface area contributed by atoms with E-state index in [2.05, 4.69) is 11.9 Å². The fraction of sp³-hybridized carbons (Fsp3) is 0.615. The van der Waals surface area contributed by atoms with Gasteiger partial charge in [0.2, 0.25) is 11.8 Å². The molecule has 116 valence electrons. The number of carbonyl (C=O) groups excluding carboxylic acids is 2. The number of β-lactam (4-membered cyclic amide) rings is 1. The minimum Gasteiger partial charge on any atom is -0.480 e. The molecule has 2 saturated heterocycles. The van der Waals surface area contributed by atoms with E-state index in [1.807, 2.05) is 0 Å². The summed E-state index contributed by atoms with van der Waals surface area (Å²) in [4.78, 5) is 36.6. The zero-order valence-corrected chi connectivity index (χ0v) is 13.5. The van der Waals surface area contributed by atoms with E-state index < -0.39 is 22.8 Å². The first-order chi connectivity index (χ1) is 9.79. The van der Waals surface area contributed by atoms with Gasteiger partial charge < -0.3 is 15.3 Å². The van der Waals surface area contributed by atoms with Gasteiger partial charge in [-0.3, -0.25) is 9.59 Å². The quantitative estimate of drug-likeness (QED) is 0.420. The van der Waals surface area contributed by atoms with E-state index in [9.17, 15) is 19.5 Å². The largest absolute Gasteiger partial charge is 0.480 e. The van der Waals surface area contributed by atoms with Crippen molar-refractivity contribution in [2.24, 2.45) is 0 Å². The number of nitrogens with zero attached hydrogens (tertiary/aromatic N) is 1. The van der Waals surface area contributed by atoms with E-state index in [1.54, 1.807) is 19.9 Å². The zero-order valence-electron chi connectivity index (χ0n) is 11.9. The van der Waals surface area contributed by atoms with Crippen LogP contribution in [0.1, 0.15) is 13.8 Å². The lowest BCUT2D eigenvalue weighted by Gasteiger charge is -2.43. The molecule has 2 fully saturated rings. The van der Waals surface area contributed by atoms with Crippen molar-refractivity contribution in [3.63, 3.8) is 0 Å². The summed E-state index contributed by atoms with van der Waals surface area (Å²) in [5, 5.41) is 11.7. The number of nitrogens with one attached hydrogen (secondary N) is 1. The Hall–Kier alpha value is -1.15. The van der Waals surface area contributed by atoms with Crippen molar-refractivity contribution in [1.29, 1.82) is 0 Å². The van der Waals surface area contributed by atoms with Crippen LogP contribution in [0.5, 0.6) is 0 Å². The van der Waals surface area contributed by atoms with Crippen LogP contribution in [0.3, 0.4) is 0 Å². The van der Waals surface area contributed by atoms with Crippen LogP contribution in [0.2, 0.25) is 0 Å². The van der Waals surface area contributed by atoms with Crippen molar-refractivity contribution in [3.8, 4) is 0 Å². The summed E-state index contributed by atoms with van der Waals surface area (Å²) in [6, 6.07) is -1.46. The summed E-state index contributed by atoms with van der Waals surface area (Å²) in [5.74, 6) is -0.595. The van der Waals surface area contributed by atoms with Crippen LogP contribution in [0.25, 0.3) is 0 Å². The number of carboxylic acid groups (broad SMARTS) is 1. The maximum Gasteiger partial charge on any atom is 0.327 e. The number of hydrogen-bond donors (Lipinski definition) is 2. The van der Waals surface area contributed by atoms with Crippen molar-refractivity contribution in [2.75, 3.05) is 11.5 Å². The Kier molecular flexibility index (Phi) is 4.57. The molecule has 0 spiro atoms.